The highest BCUT2D eigenvalue weighted by Crippen LogP contribution is 2.28. The van der Waals surface area contributed by atoms with Crippen LogP contribution in [0.15, 0.2) is 16.8 Å². The van der Waals surface area contributed by atoms with Crippen molar-refractivity contribution in [3.05, 3.63) is 22.4 Å². The van der Waals surface area contributed by atoms with Crippen molar-refractivity contribution in [2.24, 2.45) is 11.5 Å². The molecule has 102 valence electrons. The van der Waals surface area contributed by atoms with E-state index in [2.05, 4.69) is 37.1 Å². The topological polar surface area (TPSA) is 72.3 Å². The number of nitrogens with zero attached hydrogens (tertiary/aromatic N) is 1. The van der Waals surface area contributed by atoms with Crippen molar-refractivity contribution in [1.82, 2.24) is 4.90 Å². The molecule has 2 unspecified atom stereocenters. The maximum absolute atomic E-state index is 11.2. The lowest BCUT2D eigenvalue weighted by molar-refractivity contribution is -0.120. The van der Waals surface area contributed by atoms with Crippen LogP contribution in [0.4, 0.5) is 0 Å². The molecule has 4 nitrogen and oxygen atoms in total. The number of hydrogen-bond donors (Lipinski definition) is 2. The third kappa shape index (κ3) is 3.80. The van der Waals surface area contributed by atoms with Crippen LogP contribution in [-0.4, -0.2) is 29.4 Å². The molecule has 0 saturated heterocycles. The minimum absolute atomic E-state index is 0.00125. The Labute approximate surface area is 113 Å². The summed E-state index contributed by atoms with van der Waals surface area (Å²) in [6, 6.07) is 2.34. The standard InChI is InChI=1S/C13H23N3OS/c1-4-11(14)13(10-5-6-18-8-10)16(9(2)3)7-12(15)17/h5-6,8-9,11,13H,4,7,14H2,1-3H3,(H2,15,17). The lowest BCUT2D eigenvalue weighted by atomic mass is 9.97. The number of carbonyl (C=O) groups is 1. The first-order chi connectivity index (χ1) is 8.47. The van der Waals surface area contributed by atoms with E-state index in [1.807, 2.05) is 5.38 Å². The van der Waals surface area contributed by atoms with Crippen LogP contribution in [0.5, 0.6) is 0 Å². The highest BCUT2D eigenvalue weighted by atomic mass is 32.1. The summed E-state index contributed by atoms with van der Waals surface area (Å²) in [5.41, 5.74) is 12.7. The van der Waals surface area contributed by atoms with Crippen LogP contribution in [0.3, 0.4) is 0 Å². The molecule has 0 bridgehead atoms. The fourth-order valence-electron chi connectivity index (χ4n) is 2.13. The summed E-state index contributed by atoms with van der Waals surface area (Å²) >= 11 is 1.65. The molecule has 1 heterocycles. The van der Waals surface area contributed by atoms with Crippen LogP contribution in [0.25, 0.3) is 0 Å². The average molecular weight is 269 g/mol. The second-order valence-electron chi connectivity index (χ2n) is 4.81. The second kappa shape index (κ2) is 6.87. The molecule has 0 fully saturated rings. The number of nitrogens with two attached hydrogens (primary N) is 2. The van der Waals surface area contributed by atoms with Gasteiger partial charge in [-0.05, 0) is 42.7 Å². The number of carbonyl (C=O) groups excluding carboxylic acids is 1. The Morgan fingerprint density at radius 3 is 2.56 bits per heavy atom. The summed E-state index contributed by atoms with van der Waals surface area (Å²) in [6.45, 7) is 6.42. The van der Waals surface area contributed by atoms with Gasteiger partial charge in [0.1, 0.15) is 0 Å². The van der Waals surface area contributed by atoms with Crippen molar-refractivity contribution in [3.63, 3.8) is 0 Å². The van der Waals surface area contributed by atoms with Gasteiger partial charge in [0.2, 0.25) is 5.91 Å². The van der Waals surface area contributed by atoms with Gasteiger partial charge in [0.05, 0.1) is 12.6 Å². The highest BCUT2D eigenvalue weighted by molar-refractivity contribution is 7.07. The van der Waals surface area contributed by atoms with Crippen molar-refractivity contribution >= 4 is 17.2 Å². The van der Waals surface area contributed by atoms with Gasteiger partial charge in [0, 0.05) is 12.1 Å². The SMILES string of the molecule is CCC(N)C(c1ccsc1)N(CC(N)=O)C(C)C. The van der Waals surface area contributed by atoms with Gasteiger partial charge in [-0.2, -0.15) is 11.3 Å². The van der Waals surface area contributed by atoms with E-state index in [-0.39, 0.29) is 30.6 Å². The van der Waals surface area contributed by atoms with Crippen molar-refractivity contribution < 1.29 is 4.79 Å². The normalized spacial score (nSPS) is 15.0. The molecule has 0 aliphatic rings. The van der Waals surface area contributed by atoms with Crippen LogP contribution in [0.1, 0.15) is 38.8 Å². The quantitative estimate of drug-likeness (QED) is 0.791. The van der Waals surface area contributed by atoms with E-state index in [9.17, 15) is 4.79 Å². The highest BCUT2D eigenvalue weighted by Gasteiger charge is 2.28. The third-order valence-corrected chi connectivity index (χ3v) is 3.82. The van der Waals surface area contributed by atoms with Crippen LogP contribution in [0, 0.1) is 0 Å². The molecular weight excluding hydrogens is 246 g/mol. The first-order valence-corrected chi connectivity index (χ1v) is 7.23. The fraction of sp³-hybridized carbons (Fsp3) is 0.615. The minimum atomic E-state index is -0.313. The molecular formula is C13H23N3OS. The smallest absolute Gasteiger partial charge is 0.231 e. The van der Waals surface area contributed by atoms with Gasteiger partial charge in [-0.3, -0.25) is 9.69 Å². The molecule has 5 heteroatoms. The third-order valence-electron chi connectivity index (χ3n) is 3.12. The van der Waals surface area contributed by atoms with E-state index in [4.69, 9.17) is 11.5 Å². The van der Waals surface area contributed by atoms with Crippen LogP contribution in [-0.2, 0) is 4.79 Å². The Morgan fingerprint density at radius 2 is 2.17 bits per heavy atom. The van der Waals surface area contributed by atoms with Crippen molar-refractivity contribution in [1.29, 1.82) is 0 Å². The van der Waals surface area contributed by atoms with E-state index in [1.54, 1.807) is 11.3 Å². The number of thiophene rings is 1. The number of amides is 1. The molecule has 0 spiro atoms. The van der Waals surface area contributed by atoms with Gasteiger partial charge in [-0.15, -0.1) is 0 Å². The van der Waals surface area contributed by atoms with Gasteiger partial charge in [0.25, 0.3) is 0 Å². The second-order valence-corrected chi connectivity index (χ2v) is 5.59. The molecule has 0 aromatic carbocycles. The molecule has 0 aliphatic carbocycles. The van der Waals surface area contributed by atoms with E-state index in [1.165, 1.54) is 5.56 Å². The largest absolute Gasteiger partial charge is 0.369 e. The lowest BCUT2D eigenvalue weighted by Gasteiger charge is -2.37. The summed E-state index contributed by atoms with van der Waals surface area (Å²) in [4.78, 5) is 13.3. The van der Waals surface area contributed by atoms with Gasteiger partial charge in [-0.25, -0.2) is 0 Å². The van der Waals surface area contributed by atoms with E-state index < -0.39 is 0 Å². The van der Waals surface area contributed by atoms with Crippen LogP contribution in [0.2, 0.25) is 0 Å². The first kappa shape index (κ1) is 15.1. The maximum Gasteiger partial charge on any atom is 0.231 e. The Bertz CT molecular complexity index is 364. The zero-order valence-electron chi connectivity index (χ0n) is 11.3. The molecule has 0 radical (unpaired) electrons. The molecule has 1 amide bonds. The molecule has 1 aromatic rings. The van der Waals surface area contributed by atoms with Crippen molar-refractivity contribution in [3.8, 4) is 0 Å². The Kier molecular flexibility index (Phi) is 5.78. The monoisotopic (exact) mass is 269 g/mol. The Balaban J connectivity index is 3.02. The predicted molar refractivity (Wildman–Crippen MR) is 76.4 cm³/mol. The maximum atomic E-state index is 11.2. The summed E-state index contributed by atoms with van der Waals surface area (Å²) in [5, 5.41) is 4.13. The molecule has 0 aliphatic heterocycles. The molecule has 1 aromatic heterocycles. The van der Waals surface area contributed by atoms with Crippen LogP contribution >= 0.6 is 11.3 Å². The van der Waals surface area contributed by atoms with E-state index in [0.29, 0.717) is 0 Å². The molecule has 1 rings (SSSR count). The zero-order valence-corrected chi connectivity index (χ0v) is 12.1. The molecule has 18 heavy (non-hydrogen) atoms. The molecule has 0 saturated carbocycles. The average Bonchev–Trinajstić information content (AvgIpc) is 2.80. The number of primary amides is 1. The molecule has 2 atom stereocenters. The lowest BCUT2D eigenvalue weighted by Crippen LogP contribution is -2.47. The molecule has 4 N–H and O–H groups in total. The summed E-state index contributed by atoms with van der Waals surface area (Å²) < 4.78 is 0. The predicted octanol–water partition coefficient (Wildman–Crippen LogP) is 1.72. The van der Waals surface area contributed by atoms with Gasteiger partial charge in [0.15, 0.2) is 0 Å². The minimum Gasteiger partial charge on any atom is -0.369 e. The number of rotatable bonds is 7. The summed E-state index contributed by atoms with van der Waals surface area (Å²) in [6.07, 6.45) is 0.864. The van der Waals surface area contributed by atoms with Crippen LogP contribution < -0.4 is 11.5 Å². The summed E-state index contributed by atoms with van der Waals surface area (Å²) in [7, 11) is 0. The first-order valence-electron chi connectivity index (χ1n) is 6.29. The van der Waals surface area contributed by atoms with E-state index in [0.717, 1.165) is 6.42 Å². The zero-order chi connectivity index (χ0) is 13.7. The van der Waals surface area contributed by atoms with E-state index >= 15 is 0 Å². The number of hydrogen-bond acceptors (Lipinski definition) is 4. The summed E-state index contributed by atoms with van der Waals surface area (Å²) in [5.74, 6) is -0.313. The Morgan fingerprint density at radius 1 is 1.50 bits per heavy atom. The van der Waals surface area contributed by atoms with Gasteiger partial charge >= 0.3 is 0 Å². The fourth-order valence-corrected chi connectivity index (χ4v) is 2.82. The van der Waals surface area contributed by atoms with Crippen molar-refractivity contribution in [2.45, 2.75) is 45.3 Å². The van der Waals surface area contributed by atoms with Gasteiger partial charge < -0.3 is 11.5 Å². The van der Waals surface area contributed by atoms with Gasteiger partial charge in [-0.1, -0.05) is 6.92 Å². The van der Waals surface area contributed by atoms with Crippen molar-refractivity contribution in [2.75, 3.05) is 6.54 Å². The Hall–Kier alpha value is -0.910.